The summed E-state index contributed by atoms with van der Waals surface area (Å²) in [7, 11) is 2.20. The zero-order valence-electron chi connectivity index (χ0n) is 10.4. The van der Waals surface area contributed by atoms with Crippen LogP contribution < -0.4 is 5.73 Å². The van der Waals surface area contributed by atoms with Crippen LogP contribution in [0.25, 0.3) is 0 Å². The predicted octanol–water partition coefficient (Wildman–Crippen LogP) is 2.48. The van der Waals surface area contributed by atoms with Crippen molar-refractivity contribution in [2.75, 3.05) is 20.1 Å². The molecule has 0 rings (SSSR count). The molecule has 14 heavy (non-hydrogen) atoms. The van der Waals surface area contributed by atoms with Crippen molar-refractivity contribution in [3.8, 4) is 0 Å². The third-order valence-corrected chi connectivity index (χ3v) is 2.83. The molecule has 1 unspecified atom stereocenters. The molecule has 0 saturated carbocycles. The van der Waals surface area contributed by atoms with Gasteiger partial charge in [0.1, 0.15) is 0 Å². The molecule has 0 amide bonds. The number of rotatable bonds is 8. The quantitative estimate of drug-likeness (QED) is 0.652. The van der Waals surface area contributed by atoms with E-state index < -0.39 is 0 Å². The molecule has 0 aromatic rings. The zero-order valence-corrected chi connectivity index (χ0v) is 10.4. The van der Waals surface area contributed by atoms with Crippen molar-refractivity contribution in [2.45, 2.75) is 52.5 Å². The van der Waals surface area contributed by atoms with E-state index >= 15 is 0 Å². The zero-order chi connectivity index (χ0) is 11.0. The highest BCUT2D eigenvalue weighted by Gasteiger charge is 2.07. The second-order valence-electron chi connectivity index (χ2n) is 4.71. The third kappa shape index (κ3) is 7.34. The first-order chi connectivity index (χ1) is 6.57. The van der Waals surface area contributed by atoms with E-state index in [4.69, 9.17) is 5.73 Å². The van der Waals surface area contributed by atoms with E-state index in [1.807, 2.05) is 0 Å². The van der Waals surface area contributed by atoms with Gasteiger partial charge in [-0.1, -0.05) is 27.2 Å². The Morgan fingerprint density at radius 1 is 1.14 bits per heavy atom. The van der Waals surface area contributed by atoms with Gasteiger partial charge in [0.15, 0.2) is 0 Å². The lowest BCUT2D eigenvalue weighted by atomic mass is 10.0. The van der Waals surface area contributed by atoms with E-state index in [0.717, 1.165) is 6.42 Å². The number of nitrogens with zero attached hydrogens (tertiary/aromatic N) is 1. The molecule has 0 aliphatic carbocycles. The van der Waals surface area contributed by atoms with Gasteiger partial charge >= 0.3 is 0 Å². The van der Waals surface area contributed by atoms with Gasteiger partial charge in [-0.2, -0.15) is 0 Å². The summed E-state index contributed by atoms with van der Waals surface area (Å²) < 4.78 is 0. The Balaban J connectivity index is 3.34. The fourth-order valence-electron chi connectivity index (χ4n) is 1.47. The molecule has 0 aliphatic heterocycles. The van der Waals surface area contributed by atoms with Gasteiger partial charge in [-0.3, -0.25) is 0 Å². The van der Waals surface area contributed by atoms with Crippen LogP contribution in [0, 0.1) is 5.92 Å². The molecule has 0 aromatic heterocycles. The summed E-state index contributed by atoms with van der Waals surface area (Å²) in [6, 6.07) is 0.384. The van der Waals surface area contributed by atoms with Gasteiger partial charge in [0.25, 0.3) is 0 Å². The van der Waals surface area contributed by atoms with Crippen LogP contribution >= 0.6 is 0 Å². The summed E-state index contributed by atoms with van der Waals surface area (Å²) in [6.07, 6.45) is 5.00. The van der Waals surface area contributed by atoms with Crippen LogP contribution in [0.15, 0.2) is 0 Å². The smallest absolute Gasteiger partial charge is 0.00623 e. The standard InChI is InChI=1S/C12H28N2/c1-5-6-9-14(4)10-7-8-12(13)11(2)3/h11-12H,5-10,13H2,1-4H3. The summed E-state index contributed by atoms with van der Waals surface area (Å²) in [6.45, 7) is 9.06. The van der Waals surface area contributed by atoms with Gasteiger partial charge in [-0.15, -0.1) is 0 Å². The first kappa shape index (κ1) is 13.9. The first-order valence-electron chi connectivity index (χ1n) is 6.02. The Bertz CT molecular complexity index is 123. The van der Waals surface area contributed by atoms with Gasteiger partial charge < -0.3 is 10.6 Å². The van der Waals surface area contributed by atoms with E-state index in [0.29, 0.717) is 12.0 Å². The van der Waals surface area contributed by atoms with Crippen LogP contribution in [0.2, 0.25) is 0 Å². The minimum atomic E-state index is 0.384. The molecular formula is C12H28N2. The molecule has 86 valence electrons. The average Bonchev–Trinajstić information content (AvgIpc) is 2.14. The van der Waals surface area contributed by atoms with Gasteiger partial charge in [0, 0.05) is 6.04 Å². The van der Waals surface area contributed by atoms with Crippen LogP contribution in [-0.4, -0.2) is 31.1 Å². The predicted molar refractivity (Wildman–Crippen MR) is 64.5 cm³/mol. The van der Waals surface area contributed by atoms with Crippen LogP contribution in [0.4, 0.5) is 0 Å². The summed E-state index contributed by atoms with van der Waals surface area (Å²) in [4.78, 5) is 2.41. The lowest BCUT2D eigenvalue weighted by Gasteiger charge is -2.19. The Hall–Kier alpha value is -0.0800. The Morgan fingerprint density at radius 2 is 1.71 bits per heavy atom. The maximum atomic E-state index is 5.98. The number of nitrogens with two attached hydrogens (primary N) is 1. The molecule has 0 aliphatic rings. The molecule has 0 heterocycles. The molecule has 0 spiro atoms. The second-order valence-corrected chi connectivity index (χ2v) is 4.71. The maximum Gasteiger partial charge on any atom is 0.00623 e. The van der Waals surface area contributed by atoms with Crippen LogP contribution in [-0.2, 0) is 0 Å². The molecule has 0 radical (unpaired) electrons. The fourth-order valence-corrected chi connectivity index (χ4v) is 1.47. The Labute approximate surface area is 89.9 Å². The van der Waals surface area contributed by atoms with E-state index in [-0.39, 0.29) is 0 Å². The molecule has 2 N–H and O–H groups in total. The summed E-state index contributed by atoms with van der Waals surface area (Å²) in [5.41, 5.74) is 5.98. The molecule has 0 fully saturated rings. The van der Waals surface area contributed by atoms with Crippen molar-refractivity contribution in [3.05, 3.63) is 0 Å². The lowest BCUT2D eigenvalue weighted by Crippen LogP contribution is -2.28. The van der Waals surface area contributed by atoms with Crippen molar-refractivity contribution in [2.24, 2.45) is 11.7 Å². The van der Waals surface area contributed by atoms with Crippen molar-refractivity contribution in [1.29, 1.82) is 0 Å². The number of hydrogen-bond donors (Lipinski definition) is 1. The number of unbranched alkanes of at least 4 members (excludes halogenated alkanes) is 1. The topological polar surface area (TPSA) is 29.3 Å². The largest absolute Gasteiger partial charge is 0.327 e. The molecule has 1 atom stereocenters. The fraction of sp³-hybridized carbons (Fsp3) is 1.00. The third-order valence-electron chi connectivity index (χ3n) is 2.83. The minimum absolute atomic E-state index is 0.384. The van der Waals surface area contributed by atoms with Crippen molar-refractivity contribution in [1.82, 2.24) is 4.90 Å². The van der Waals surface area contributed by atoms with E-state index in [1.54, 1.807) is 0 Å². The van der Waals surface area contributed by atoms with Gasteiger partial charge in [-0.05, 0) is 45.3 Å². The summed E-state index contributed by atoms with van der Waals surface area (Å²) >= 11 is 0. The summed E-state index contributed by atoms with van der Waals surface area (Å²) in [5, 5.41) is 0. The highest BCUT2D eigenvalue weighted by atomic mass is 15.1. The van der Waals surface area contributed by atoms with E-state index in [2.05, 4.69) is 32.7 Å². The number of hydrogen-bond acceptors (Lipinski definition) is 2. The molecule has 0 aromatic carbocycles. The Morgan fingerprint density at radius 3 is 2.21 bits per heavy atom. The van der Waals surface area contributed by atoms with Crippen molar-refractivity contribution >= 4 is 0 Å². The average molecular weight is 200 g/mol. The summed E-state index contributed by atoms with van der Waals surface area (Å²) in [5.74, 6) is 0.621. The highest BCUT2D eigenvalue weighted by molar-refractivity contribution is 4.66. The van der Waals surface area contributed by atoms with Gasteiger partial charge in [0.05, 0.1) is 0 Å². The van der Waals surface area contributed by atoms with E-state index in [9.17, 15) is 0 Å². The van der Waals surface area contributed by atoms with Gasteiger partial charge in [0.2, 0.25) is 0 Å². The Kier molecular flexibility index (Phi) is 8.20. The molecule has 0 bridgehead atoms. The van der Waals surface area contributed by atoms with Crippen LogP contribution in [0.1, 0.15) is 46.5 Å². The minimum Gasteiger partial charge on any atom is -0.327 e. The molecule has 2 nitrogen and oxygen atoms in total. The lowest BCUT2D eigenvalue weighted by molar-refractivity contribution is 0.309. The van der Waals surface area contributed by atoms with Crippen LogP contribution in [0.3, 0.4) is 0 Å². The molecular weight excluding hydrogens is 172 g/mol. The van der Waals surface area contributed by atoms with E-state index in [1.165, 1.54) is 32.4 Å². The highest BCUT2D eigenvalue weighted by Crippen LogP contribution is 2.06. The normalized spacial score (nSPS) is 13.9. The monoisotopic (exact) mass is 200 g/mol. The van der Waals surface area contributed by atoms with Crippen molar-refractivity contribution in [3.63, 3.8) is 0 Å². The molecule has 0 saturated heterocycles. The van der Waals surface area contributed by atoms with Crippen LogP contribution in [0.5, 0.6) is 0 Å². The first-order valence-corrected chi connectivity index (χ1v) is 6.02. The van der Waals surface area contributed by atoms with Gasteiger partial charge in [-0.25, -0.2) is 0 Å². The second kappa shape index (κ2) is 8.25. The SMILES string of the molecule is CCCCN(C)CCCC(N)C(C)C. The molecule has 2 heteroatoms. The van der Waals surface area contributed by atoms with Crippen molar-refractivity contribution < 1.29 is 0 Å². The maximum absolute atomic E-state index is 5.98.